The van der Waals surface area contributed by atoms with Gasteiger partial charge in [0.25, 0.3) is 0 Å². The second-order valence-electron chi connectivity index (χ2n) is 6.97. The van der Waals surface area contributed by atoms with Crippen molar-refractivity contribution in [1.29, 1.82) is 0 Å². The van der Waals surface area contributed by atoms with Crippen molar-refractivity contribution in [3.63, 3.8) is 0 Å². The SMILES string of the molecule is CCCCc1cnc(-c2ccc(SC)cc2)c(N2CCC(C(=O)O)CC2)n1. The third-order valence-electron chi connectivity index (χ3n) is 5.10. The maximum absolute atomic E-state index is 11.3. The highest BCUT2D eigenvalue weighted by molar-refractivity contribution is 7.98. The van der Waals surface area contributed by atoms with E-state index in [0.717, 1.165) is 42.0 Å². The number of aliphatic carboxylic acids is 1. The lowest BCUT2D eigenvalue weighted by Gasteiger charge is -2.32. The highest BCUT2D eigenvalue weighted by Crippen LogP contribution is 2.31. The predicted octanol–water partition coefficient (Wildman–Crippen LogP) is 4.51. The van der Waals surface area contributed by atoms with Crippen molar-refractivity contribution >= 4 is 23.5 Å². The first kappa shape index (κ1) is 19.7. The Morgan fingerprint density at radius 3 is 2.56 bits per heavy atom. The van der Waals surface area contributed by atoms with Gasteiger partial charge in [-0.3, -0.25) is 9.78 Å². The first-order valence-corrected chi connectivity index (χ1v) is 10.8. The maximum atomic E-state index is 11.3. The summed E-state index contributed by atoms with van der Waals surface area (Å²) in [4.78, 5) is 24.4. The molecule has 6 heteroatoms. The highest BCUT2D eigenvalue weighted by atomic mass is 32.2. The van der Waals surface area contributed by atoms with Crippen molar-refractivity contribution in [2.24, 2.45) is 5.92 Å². The Morgan fingerprint density at radius 1 is 1.26 bits per heavy atom. The molecule has 1 aromatic carbocycles. The first-order chi connectivity index (χ1) is 13.1. The van der Waals surface area contributed by atoms with E-state index in [1.807, 2.05) is 6.20 Å². The van der Waals surface area contributed by atoms with Crippen LogP contribution in [0.1, 0.15) is 38.3 Å². The third-order valence-corrected chi connectivity index (χ3v) is 5.84. The minimum absolute atomic E-state index is 0.248. The van der Waals surface area contributed by atoms with Crippen LogP contribution in [-0.4, -0.2) is 40.4 Å². The molecule has 1 saturated heterocycles. The number of carboxylic acid groups (broad SMARTS) is 1. The molecule has 27 heavy (non-hydrogen) atoms. The van der Waals surface area contributed by atoms with E-state index in [-0.39, 0.29) is 5.92 Å². The fourth-order valence-electron chi connectivity index (χ4n) is 3.40. The van der Waals surface area contributed by atoms with E-state index in [0.29, 0.717) is 25.9 Å². The van der Waals surface area contributed by atoms with E-state index in [2.05, 4.69) is 42.3 Å². The summed E-state index contributed by atoms with van der Waals surface area (Å²) in [5.41, 5.74) is 2.95. The number of aromatic nitrogens is 2. The van der Waals surface area contributed by atoms with Crippen molar-refractivity contribution in [3.8, 4) is 11.3 Å². The molecule has 0 bridgehead atoms. The van der Waals surface area contributed by atoms with Crippen molar-refractivity contribution in [1.82, 2.24) is 9.97 Å². The molecular weight excluding hydrogens is 358 g/mol. The van der Waals surface area contributed by atoms with Crippen LogP contribution in [0.4, 0.5) is 5.82 Å². The van der Waals surface area contributed by atoms with E-state index in [1.165, 1.54) is 4.90 Å². The van der Waals surface area contributed by atoms with Gasteiger partial charge in [0.2, 0.25) is 0 Å². The smallest absolute Gasteiger partial charge is 0.306 e. The first-order valence-electron chi connectivity index (χ1n) is 9.60. The van der Waals surface area contributed by atoms with Crippen LogP contribution in [-0.2, 0) is 11.2 Å². The van der Waals surface area contributed by atoms with Crippen LogP contribution < -0.4 is 4.90 Å². The monoisotopic (exact) mass is 385 g/mol. The molecular formula is C21H27N3O2S. The minimum atomic E-state index is -0.690. The Kier molecular flexibility index (Phi) is 6.72. The lowest BCUT2D eigenvalue weighted by Crippen LogP contribution is -2.37. The molecule has 1 N–H and O–H groups in total. The van der Waals surface area contributed by atoms with Gasteiger partial charge in [0.05, 0.1) is 11.6 Å². The summed E-state index contributed by atoms with van der Waals surface area (Å²) in [5, 5.41) is 9.27. The number of aryl methyl sites for hydroxylation is 1. The van der Waals surface area contributed by atoms with Crippen LogP contribution in [0.2, 0.25) is 0 Å². The summed E-state index contributed by atoms with van der Waals surface area (Å²) in [6.07, 6.45) is 8.40. The fraction of sp³-hybridized carbons (Fsp3) is 0.476. The second-order valence-corrected chi connectivity index (χ2v) is 7.84. The second kappa shape index (κ2) is 9.22. The summed E-state index contributed by atoms with van der Waals surface area (Å²) in [6, 6.07) is 8.39. The topological polar surface area (TPSA) is 66.3 Å². The van der Waals surface area contributed by atoms with Gasteiger partial charge in [0, 0.05) is 29.7 Å². The van der Waals surface area contributed by atoms with Gasteiger partial charge in [0.1, 0.15) is 5.69 Å². The standard InChI is InChI=1S/C21H27N3O2S/c1-3-4-5-17-14-22-19(15-6-8-18(27-2)9-7-15)20(23-17)24-12-10-16(11-13-24)21(25)26/h6-9,14,16H,3-5,10-13H2,1-2H3,(H,25,26). The van der Waals surface area contributed by atoms with Gasteiger partial charge < -0.3 is 10.0 Å². The zero-order valence-electron chi connectivity index (χ0n) is 16.0. The molecule has 1 aliphatic heterocycles. The number of nitrogens with zero attached hydrogens (tertiary/aromatic N) is 3. The number of unbranched alkanes of at least 4 members (excludes halogenated alkanes) is 1. The zero-order chi connectivity index (χ0) is 19.2. The quantitative estimate of drug-likeness (QED) is 0.708. The number of thioether (sulfide) groups is 1. The Bertz CT molecular complexity index is 771. The number of hydrogen-bond acceptors (Lipinski definition) is 5. The molecule has 0 aliphatic carbocycles. The molecule has 1 aromatic heterocycles. The fourth-order valence-corrected chi connectivity index (χ4v) is 3.81. The molecule has 0 unspecified atom stereocenters. The number of anilines is 1. The summed E-state index contributed by atoms with van der Waals surface area (Å²) in [6.45, 7) is 3.59. The molecule has 3 rings (SSSR count). The summed E-state index contributed by atoms with van der Waals surface area (Å²) >= 11 is 1.72. The lowest BCUT2D eigenvalue weighted by molar-refractivity contribution is -0.142. The molecule has 0 spiro atoms. The highest BCUT2D eigenvalue weighted by Gasteiger charge is 2.27. The van der Waals surface area contributed by atoms with Gasteiger partial charge in [-0.1, -0.05) is 25.5 Å². The predicted molar refractivity (Wildman–Crippen MR) is 110 cm³/mol. The van der Waals surface area contributed by atoms with Crippen LogP contribution in [0, 0.1) is 5.92 Å². The molecule has 5 nitrogen and oxygen atoms in total. The van der Waals surface area contributed by atoms with E-state index in [1.54, 1.807) is 11.8 Å². The number of carbonyl (C=O) groups is 1. The van der Waals surface area contributed by atoms with Crippen LogP contribution in [0.5, 0.6) is 0 Å². The van der Waals surface area contributed by atoms with Crippen LogP contribution >= 0.6 is 11.8 Å². The number of carboxylic acids is 1. The Hall–Kier alpha value is -2.08. The minimum Gasteiger partial charge on any atom is -0.481 e. The summed E-state index contributed by atoms with van der Waals surface area (Å²) in [7, 11) is 0. The van der Waals surface area contributed by atoms with E-state index < -0.39 is 5.97 Å². The molecule has 0 radical (unpaired) electrons. The van der Waals surface area contributed by atoms with Gasteiger partial charge in [-0.25, -0.2) is 4.98 Å². The molecule has 144 valence electrons. The molecule has 0 amide bonds. The zero-order valence-corrected chi connectivity index (χ0v) is 16.8. The summed E-state index contributed by atoms with van der Waals surface area (Å²) < 4.78 is 0. The Balaban J connectivity index is 1.91. The third kappa shape index (κ3) is 4.80. The van der Waals surface area contributed by atoms with E-state index >= 15 is 0 Å². The van der Waals surface area contributed by atoms with Crippen molar-refractivity contribution in [2.45, 2.75) is 43.9 Å². The molecule has 0 atom stereocenters. The largest absolute Gasteiger partial charge is 0.481 e. The number of benzene rings is 1. The van der Waals surface area contributed by atoms with E-state index in [9.17, 15) is 9.90 Å². The molecule has 0 saturated carbocycles. The van der Waals surface area contributed by atoms with Crippen LogP contribution in [0.15, 0.2) is 35.4 Å². The molecule has 2 heterocycles. The van der Waals surface area contributed by atoms with E-state index in [4.69, 9.17) is 9.97 Å². The maximum Gasteiger partial charge on any atom is 0.306 e. The Labute approximate surface area is 165 Å². The van der Waals surface area contributed by atoms with Crippen molar-refractivity contribution in [2.75, 3.05) is 24.2 Å². The van der Waals surface area contributed by atoms with Crippen LogP contribution in [0.25, 0.3) is 11.3 Å². The van der Waals surface area contributed by atoms with Gasteiger partial charge in [-0.05, 0) is 44.1 Å². The average molecular weight is 386 g/mol. The molecule has 2 aromatic rings. The van der Waals surface area contributed by atoms with Gasteiger partial charge in [-0.15, -0.1) is 11.8 Å². The normalized spacial score (nSPS) is 15.1. The van der Waals surface area contributed by atoms with Crippen molar-refractivity contribution < 1.29 is 9.90 Å². The van der Waals surface area contributed by atoms with Crippen LogP contribution in [0.3, 0.4) is 0 Å². The van der Waals surface area contributed by atoms with Crippen molar-refractivity contribution in [3.05, 3.63) is 36.2 Å². The van der Waals surface area contributed by atoms with Gasteiger partial charge >= 0.3 is 5.97 Å². The average Bonchev–Trinajstić information content (AvgIpc) is 2.72. The van der Waals surface area contributed by atoms with Gasteiger partial charge in [-0.2, -0.15) is 0 Å². The number of rotatable bonds is 7. The molecule has 1 aliphatic rings. The summed E-state index contributed by atoms with van der Waals surface area (Å²) in [5.74, 6) is -0.0450. The Morgan fingerprint density at radius 2 is 1.96 bits per heavy atom. The molecule has 1 fully saturated rings. The lowest BCUT2D eigenvalue weighted by atomic mass is 9.97. The number of piperidine rings is 1. The van der Waals surface area contributed by atoms with Gasteiger partial charge in [0.15, 0.2) is 5.82 Å². The number of hydrogen-bond donors (Lipinski definition) is 1.